The van der Waals surface area contributed by atoms with Crippen LogP contribution in [0.2, 0.25) is 0 Å². The fourth-order valence-electron chi connectivity index (χ4n) is 2.88. The molecule has 0 saturated heterocycles. The standard InChI is InChI=1S/C22H27N5O2/c1-23-22(27(3)16-18-6-5-13-26(18)2)25-15-17-7-12-21(24-14-17)29-20-10-8-19(28-4)9-11-20/h5-14H,15-16H2,1-4H3,(H,23,25). The number of methoxy groups -OCH3 is 1. The molecule has 0 aliphatic rings. The molecule has 1 N–H and O–H groups in total. The van der Waals surface area contributed by atoms with Gasteiger partial charge >= 0.3 is 0 Å². The van der Waals surface area contributed by atoms with Crippen molar-refractivity contribution in [3.05, 3.63) is 72.2 Å². The quantitative estimate of drug-likeness (QED) is 0.492. The van der Waals surface area contributed by atoms with Gasteiger partial charge in [0.1, 0.15) is 11.5 Å². The maximum absolute atomic E-state index is 5.77. The van der Waals surface area contributed by atoms with Crippen LogP contribution < -0.4 is 14.8 Å². The van der Waals surface area contributed by atoms with Crippen LogP contribution in [0.4, 0.5) is 0 Å². The third-order valence-corrected chi connectivity index (χ3v) is 4.55. The van der Waals surface area contributed by atoms with Gasteiger partial charge in [0.05, 0.1) is 13.7 Å². The smallest absolute Gasteiger partial charge is 0.219 e. The molecule has 0 radical (unpaired) electrons. The number of aromatic nitrogens is 2. The van der Waals surface area contributed by atoms with Crippen LogP contribution in [0.1, 0.15) is 11.3 Å². The molecule has 0 fully saturated rings. The van der Waals surface area contributed by atoms with Gasteiger partial charge in [-0.15, -0.1) is 0 Å². The highest BCUT2D eigenvalue weighted by Crippen LogP contribution is 2.22. The summed E-state index contributed by atoms with van der Waals surface area (Å²) >= 11 is 0. The fraction of sp³-hybridized carbons (Fsp3) is 0.273. The number of aryl methyl sites for hydroxylation is 1. The van der Waals surface area contributed by atoms with Crippen molar-refractivity contribution in [3.63, 3.8) is 0 Å². The highest BCUT2D eigenvalue weighted by Gasteiger charge is 2.08. The summed E-state index contributed by atoms with van der Waals surface area (Å²) in [5.74, 6) is 2.87. The highest BCUT2D eigenvalue weighted by atomic mass is 16.5. The number of nitrogens with one attached hydrogen (secondary N) is 1. The van der Waals surface area contributed by atoms with Crippen molar-refractivity contribution < 1.29 is 9.47 Å². The molecular formula is C22H27N5O2. The summed E-state index contributed by atoms with van der Waals surface area (Å²) < 4.78 is 13.0. The molecule has 0 atom stereocenters. The Balaban J connectivity index is 1.53. The summed E-state index contributed by atoms with van der Waals surface area (Å²) in [7, 11) is 7.49. The third kappa shape index (κ3) is 5.51. The summed E-state index contributed by atoms with van der Waals surface area (Å²) in [6.07, 6.45) is 3.84. The maximum atomic E-state index is 5.77. The molecule has 2 aromatic heterocycles. The predicted molar refractivity (Wildman–Crippen MR) is 114 cm³/mol. The molecule has 0 unspecified atom stereocenters. The summed E-state index contributed by atoms with van der Waals surface area (Å²) in [5.41, 5.74) is 2.26. The van der Waals surface area contributed by atoms with Crippen molar-refractivity contribution in [1.82, 2.24) is 19.8 Å². The number of aliphatic imine (C=N–C) groups is 1. The van der Waals surface area contributed by atoms with Crippen LogP contribution in [0, 0.1) is 0 Å². The van der Waals surface area contributed by atoms with Gasteiger partial charge in [-0.1, -0.05) is 6.07 Å². The minimum atomic E-state index is 0.545. The van der Waals surface area contributed by atoms with Crippen molar-refractivity contribution in [2.45, 2.75) is 13.1 Å². The number of guanidine groups is 1. The molecule has 0 saturated carbocycles. The Hall–Kier alpha value is -3.48. The predicted octanol–water partition coefficient (Wildman–Crippen LogP) is 3.43. The minimum absolute atomic E-state index is 0.545. The Morgan fingerprint density at radius 1 is 1.14 bits per heavy atom. The summed E-state index contributed by atoms with van der Waals surface area (Å²) in [4.78, 5) is 10.8. The van der Waals surface area contributed by atoms with Gasteiger partial charge < -0.3 is 24.3 Å². The molecular weight excluding hydrogens is 366 g/mol. The van der Waals surface area contributed by atoms with Gasteiger partial charge in [0, 0.05) is 51.8 Å². The average molecular weight is 393 g/mol. The summed E-state index contributed by atoms with van der Waals surface area (Å²) in [5, 5.41) is 3.37. The molecule has 2 heterocycles. The second-order valence-corrected chi connectivity index (χ2v) is 6.65. The van der Waals surface area contributed by atoms with Gasteiger partial charge in [0.15, 0.2) is 5.96 Å². The number of nitrogens with zero attached hydrogens (tertiary/aromatic N) is 4. The van der Waals surface area contributed by atoms with Gasteiger partial charge in [-0.25, -0.2) is 4.98 Å². The van der Waals surface area contributed by atoms with Crippen LogP contribution in [0.3, 0.4) is 0 Å². The van der Waals surface area contributed by atoms with E-state index in [1.165, 1.54) is 5.69 Å². The first-order valence-electron chi connectivity index (χ1n) is 9.38. The van der Waals surface area contributed by atoms with E-state index >= 15 is 0 Å². The van der Waals surface area contributed by atoms with Crippen molar-refractivity contribution in [3.8, 4) is 17.4 Å². The number of pyridine rings is 1. The molecule has 7 heteroatoms. The number of ether oxygens (including phenoxy) is 2. The van der Waals surface area contributed by atoms with E-state index < -0.39 is 0 Å². The third-order valence-electron chi connectivity index (χ3n) is 4.55. The van der Waals surface area contributed by atoms with E-state index in [1.54, 1.807) is 20.4 Å². The molecule has 0 aliphatic carbocycles. The molecule has 0 spiro atoms. The summed E-state index contributed by atoms with van der Waals surface area (Å²) in [6.45, 7) is 1.40. The summed E-state index contributed by atoms with van der Waals surface area (Å²) in [6, 6.07) is 15.4. The van der Waals surface area contributed by atoms with Crippen molar-refractivity contribution >= 4 is 5.96 Å². The number of rotatable bonds is 7. The van der Waals surface area contributed by atoms with Gasteiger partial charge in [-0.3, -0.25) is 4.99 Å². The highest BCUT2D eigenvalue weighted by molar-refractivity contribution is 5.79. The van der Waals surface area contributed by atoms with Gasteiger partial charge in [-0.2, -0.15) is 0 Å². The van der Waals surface area contributed by atoms with E-state index in [1.807, 2.05) is 62.8 Å². The largest absolute Gasteiger partial charge is 0.497 e. The van der Waals surface area contributed by atoms with Crippen molar-refractivity contribution in [1.29, 1.82) is 0 Å². The fourth-order valence-corrected chi connectivity index (χ4v) is 2.88. The second-order valence-electron chi connectivity index (χ2n) is 6.65. The zero-order chi connectivity index (χ0) is 20.6. The van der Waals surface area contributed by atoms with E-state index in [2.05, 4.69) is 30.8 Å². The van der Waals surface area contributed by atoms with Crippen LogP contribution >= 0.6 is 0 Å². The first kappa shape index (κ1) is 20.3. The Morgan fingerprint density at radius 3 is 2.48 bits per heavy atom. The lowest BCUT2D eigenvalue weighted by Gasteiger charge is -2.22. The molecule has 3 aromatic rings. The monoisotopic (exact) mass is 393 g/mol. The van der Waals surface area contributed by atoms with Gasteiger partial charge in [-0.05, 0) is 42.0 Å². The van der Waals surface area contributed by atoms with E-state index in [9.17, 15) is 0 Å². The van der Waals surface area contributed by atoms with E-state index in [4.69, 9.17) is 9.47 Å². The number of hydrogen-bond acceptors (Lipinski definition) is 4. The lowest BCUT2D eigenvalue weighted by molar-refractivity contribution is 0.412. The molecule has 29 heavy (non-hydrogen) atoms. The Kier molecular flexibility index (Phi) is 6.73. The Bertz CT molecular complexity index is 933. The zero-order valence-corrected chi connectivity index (χ0v) is 17.3. The van der Waals surface area contributed by atoms with E-state index in [-0.39, 0.29) is 0 Å². The topological polar surface area (TPSA) is 63.9 Å². The molecule has 0 aliphatic heterocycles. The molecule has 1 aromatic carbocycles. The van der Waals surface area contributed by atoms with Crippen LogP contribution in [0.5, 0.6) is 17.4 Å². The number of benzene rings is 1. The molecule has 152 valence electrons. The van der Waals surface area contributed by atoms with Crippen LogP contribution in [-0.4, -0.2) is 41.6 Å². The lowest BCUT2D eigenvalue weighted by atomic mass is 10.3. The van der Waals surface area contributed by atoms with Gasteiger partial charge in [0.25, 0.3) is 0 Å². The van der Waals surface area contributed by atoms with E-state index in [0.29, 0.717) is 18.2 Å². The minimum Gasteiger partial charge on any atom is -0.497 e. The zero-order valence-electron chi connectivity index (χ0n) is 17.3. The molecule has 3 rings (SSSR count). The lowest BCUT2D eigenvalue weighted by Crippen LogP contribution is -2.38. The van der Waals surface area contributed by atoms with Crippen LogP contribution in [-0.2, 0) is 20.1 Å². The molecule has 0 bridgehead atoms. The van der Waals surface area contributed by atoms with E-state index in [0.717, 1.165) is 23.8 Å². The first-order chi connectivity index (χ1) is 14.1. The van der Waals surface area contributed by atoms with Crippen LogP contribution in [0.25, 0.3) is 0 Å². The Labute approximate surface area is 171 Å². The average Bonchev–Trinajstić information content (AvgIpc) is 3.14. The second kappa shape index (κ2) is 9.64. The maximum Gasteiger partial charge on any atom is 0.219 e. The van der Waals surface area contributed by atoms with Crippen molar-refractivity contribution in [2.24, 2.45) is 12.0 Å². The SMILES string of the molecule is CN=C(NCc1ccc(Oc2ccc(OC)cc2)nc1)N(C)Cc1cccn1C. The normalized spacial score (nSPS) is 11.2. The number of hydrogen-bond donors (Lipinski definition) is 1. The molecule has 7 nitrogen and oxygen atoms in total. The van der Waals surface area contributed by atoms with Crippen LogP contribution in [0.15, 0.2) is 65.9 Å². The Morgan fingerprint density at radius 2 is 1.90 bits per heavy atom. The van der Waals surface area contributed by atoms with Crippen molar-refractivity contribution in [2.75, 3.05) is 21.2 Å². The van der Waals surface area contributed by atoms with Gasteiger partial charge in [0.2, 0.25) is 5.88 Å². The molecule has 0 amide bonds. The first-order valence-corrected chi connectivity index (χ1v) is 9.38.